The van der Waals surface area contributed by atoms with E-state index in [-0.39, 0.29) is 11.5 Å². The van der Waals surface area contributed by atoms with Crippen LogP contribution in [0.2, 0.25) is 0 Å². The van der Waals surface area contributed by atoms with Crippen molar-refractivity contribution in [3.63, 3.8) is 0 Å². The Bertz CT molecular complexity index is 516. The Balaban J connectivity index is 2.08. The van der Waals surface area contributed by atoms with Crippen LogP contribution < -0.4 is 0 Å². The number of halogens is 3. The van der Waals surface area contributed by atoms with Gasteiger partial charge in [0.25, 0.3) is 0 Å². The lowest BCUT2D eigenvalue weighted by atomic mass is 9.57. The molecule has 1 aromatic rings. The van der Waals surface area contributed by atoms with Gasteiger partial charge < -0.3 is 5.11 Å². The second-order valence-corrected chi connectivity index (χ2v) is 5.23. The minimum absolute atomic E-state index is 0.0821. The van der Waals surface area contributed by atoms with Gasteiger partial charge in [0.15, 0.2) is 17.5 Å². The molecule has 3 saturated carbocycles. The van der Waals surface area contributed by atoms with Gasteiger partial charge in [-0.05, 0) is 42.9 Å². The van der Waals surface area contributed by atoms with Crippen molar-refractivity contribution in [2.24, 2.45) is 11.8 Å². The van der Waals surface area contributed by atoms with Crippen LogP contribution in [0.5, 0.6) is 0 Å². The van der Waals surface area contributed by atoms with Gasteiger partial charge in [0, 0.05) is 5.41 Å². The highest BCUT2D eigenvalue weighted by Crippen LogP contribution is 2.64. The summed E-state index contributed by atoms with van der Waals surface area (Å²) in [5.41, 5.74) is -0.425. The van der Waals surface area contributed by atoms with Crippen LogP contribution in [0.15, 0.2) is 12.1 Å². The van der Waals surface area contributed by atoms with Crippen molar-refractivity contribution in [2.45, 2.75) is 24.7 Å². The highest BCUT2D eigenvalue weighted by molar-refractivity contribution is 5.75. The van der Waals surface area contributed by atoms with E-state index in [1.54, 1.807) is 0 Å². The predicted molar refractivity (Wildman–Crippen MR) is 56.5 cm³/mol. The molecule has 18 heavy (non-hydrogen) atoms. The van der Waals surface area contributed by atoms with Gasteiger partial charge in [0.2, 0.25) is 0 Å². The Morgan fingerprint density at radius 1 is 1.28 bits per heavy atom. The van der Waals surface area contributed by atoms with Crippen LogP contribution in [0.4, 0.5) is 13.2 Å². The molecule has 96 valence electrons. The Hall–Kier alpha value is -1.52. The van der Waals surface area contributed by atoms with E-state index in [1.807, 2.05) is 0 Å². The Morgan fingerprint density at radius 3 is 2.39 bits per heavy atom. The lowest BCUT2D eigenvalue weighted by Gasteiger charge is -2.45. The van der Waals surface area contributed by atoms with Gasteiger partial charge >= 0.3 is 5.97 Å². The number of aliphatic carboxylic acids is 1. The zero-order chi connectivity index (χ0) is 13.1. The van der Waals surface area contributed by atoms with Gasteiger partial charge in [-0.2, -0.15) is 0 Å². The third-order valence-electron chi connectivity index (χ3n) is 4.48. The van der Waals surface area contributed by atoms with Crippen molar-refractivity contribution in [2.75, 3.05) is 0 Å². The quantitative estimate of drug-likeness (QED) is 0.826. The van der Waals surface area contributed by atoms with Crippen LogP contribution in [0.3, 0.4) is 0 Å². The van der Waals surface area contributed by atoms with E-state index < -0.39 is 34.8 Å². The highest BCUT2D eigenvalue weighted by Gasteiger charge is 2.63. The molecule has 1 aromatic carbocycles. The average molecular weight is 256 g/mol. The highest BCUT2D eigenvalue weighted by atomic mass is 19.2. The predicted octanol–water partition coefficient (Wildman–Crippen LogP) is 2.86. The van der Waals surface area contributed by atoms with Gasteiger partial charge in [-0.3, -0.25) is 4.79 Å². The van der Waals surface area contributed by atoms with Crippen molar-refractivity contribution in [1.82, 2.24) is 0 Å². The number of rotatable bonds is 2. The molecule has 0 saturated heterocycles. The summed E-state index contributed by atoms with van der Waals surface area (Å²) in [6, 6.07) is 1.88. The first-order valence-corrected chi connectivity index (χ1v) is 5.83. The minimum atomic E-state index is -1.50. The summed E-state index contributed by atoms with van der Waals surface area (Å²) in [5, 5.41) is 9.17. The molecule has 0 radical (unpaired) electrons. The Morgan fingerprint density at radius 2 is 1.89 bits per heavy atom. The monoisotopic (exact) mass is 256 g/mol. The molecule has 0 heterocycles. The summed E-state index contributed by atoms with van der Waals surface area (Å²) in [6.45, 7) is 0. The number of carboxylic acids is 1. The van der Waals surface area contributed by atoms with Crippen LogP contribution in [0.1, 0.15) is 24.8 Å². The molecule has 3 aliphatic rings. The lowest BCUT2D eigenvalue weighted by Crippen LogP contribution is -2.48. The van der Waals surface area contributed by atoms with E-state index >= 15 is 0 Å². The SMILES string of the molecule is O=C(O)[C@@H]1[C@@H]2CC[C@@]1(c1cc(F)c(F)c(F)c1)C2. The minimum Gasteiger partial charge on any atom is -0.481 e. The first kappa shape index (κ1) is 11.6. The molecular weight excluding hydrogens is 245 g/mol. The second-order valence-electron chi connectivity index (χ2n) is 5.23. The van der Waals surface area contributed by atoms with Gasteiger partial charge in [-0.1, -0.05) is 0 Å². The average Bonchev–Trinajstić information content (AvgIpc) is 2.83. The van der Waals surface area contributed by atoms with Crippen molar-refractivity contribution in [3.8, 4) is 0 Å². The first-order chi connectivity index (χ1) is 8.45. The molecule has 2 nitrogen and oxygen atoms in total. The summed E-state index contributed by atoms with van der Waals surface area (Å²) in [6.07, 6.45) is 1.96. The van der Waals surface area contributed by atoms with E-state index in [1.165, 1.54) is 0 Å². The maximum atomic E-state index is 13.2. The number of hydrogen-bond acceptors (Lipinski definition) is 1. The summed E-state index contributed by atoms with van der Waals surface area (Å²) >= 11 is 0. The number of carbonyl (C=O) groups is 1. The van der Waals surface area contributed by atoms with Gasteiger partial charge in [0.1, 0.15) is 0 Å². The first-order valence-electron chi connectivity index (χ1n) is 5.83. The molecule has 3 aliphatic carbocycles. The van der Waals surface area contributed by atoms with Gasteiger partial charge in [-0.15, -0.1) is 0 Å². The fraction of sp³-hybridized carbons (Fsp3) is 0.462. The van der Waals surface area contributed by atoms with E-state index in [2.05, 4.69) is 0 Å². The standard InChI is InChI=1S/C13H11F3O2/c14-8-3-7(4-9(15)11(8)16)13-2-1-6(5-13)10(13)12(17)18/h3-4,6,10H,1-2,5H2,(H,17,18)/t6-,10+,13+/m1/s1. The molecule has 0 unspecified atom stereocenters. The number of carboxylic acid groups (broad SMARTS) is 1. The van der Waals surface area contributed by atoms with Crippen molar-refractivity contribution < 1.29 is 23.1 Å². The molecule has 4 rings (SSSR count). The second kappa shape index (κ2) is 3.49. The lowest BCUT2D eigenvalue weighted by molar-refractivity contribution is -0.150. The molecule has 5 heteroatoms. The fourth-order valence-electron chi connectivity index (χ4n) is 3.70. The molecule has 3 fully saturated rings. The van der Waals surface area contributed by atoms with E-state index in [4.69, 9.17) is 0 Å². The summed E-state index contributed by atoms with van der Waals surface area (Å²) in [5.74, 6) is -5.46. The summed E-state index contributed by atoms with van der Waals surface area (Å²) in [7, 11) is 0. The third kappa shape index (κ3) is 1.27. The molecule has 2 bridgehead atoms. The zero-order valence-corrected chi connectivity index (χ0v) is 9.42. The summed E-state index contributed by atoms with van der Waals surface area (Å²) < 4.78 is 39.4. The van der Waals surface area contributed by atoms with E-state index in [0.717, 1.165) is 18.6 Å². The molecule has 0 spiro atoms. The fourth-order valence-corrected chi connectivity index (χ4v) is 3.70. The smallest absolute Gasteiger partial charge is 0.307 e. The normalized spacial score (nSPS) is 33.3. The topological polar surface area (TPSA) is 37.3 Å². The molecule has 0 aromatic heterocycles. The van der Waals surface area contributed by atoms with Crippen molar-refractivity contribution >= 4 is 5.97 Å². The van der Waals surface area contributed by atoms with Crippen LogP contribution in [-0.2, 0) is 10.2 Å². The Kier molecular flexibility index (Phi) is 2.24. The molecule has 1 N–H and O–H groups in total. The van der Waals surface area contributed by atoms with Crippen LogP contribution in [-0.4, -0.2) is 11.1 Å². The molecular formula is C13H11F3O2. The van der Waals surface area contributed by atoms with Crippen molar-refractivity contribution in [3.05, 3.63) is 35.1 Å². The number of hydrogen-bond donors (Lipinski definition) is 1. The van der Waals surface area contributed by atoms with E-state index in [0.29, 0.717) is 12.8 Å². The van der Waals surface area contributed by atoms with Gasteiger partial charge in [-0.25, -0.2) is 13.2 Å². The molecule has 0 aliphatic heterocycles. The van der Waals surface area contributed by atoms with Crippen molar-refractivity contribution in [1.29, 1.82) is 0 Å². The maximum absolute atomic E-state index is 13.2. The van der Waals surface area contributed by atoms with Crippen LogP contribution in [0, 0.1) is 29.3 Å². The maximum Gasteiger partial charge on any atom is 0.307 e. The Labute approximate surface area is 101 Å². The number of benzene rings is 1. The summed E-state index contributed by atoms with van der Waals surface area (Å²) in [4.78, 5) is 11.2. The van der Waals surface area contributed by atoms with Crippen LogP contribution in [0.25, 0.3) is 0 Å². The number of fused-ring (bicyclic) bond motifs is 1. The molecule has 3 atom stereocenters. The largest absolute Gasteiger partial charge is 0.481 e. The third-order valence-corrected chi connectivity index (χ3v) is 4.48. The molecule has 0 amide bonds. The zero-order valence-electron chi connectivity index (χ0n) is 9.42. The van der Waals surface area contributed by atoms with E-state index in [9.17, 15) is 23.1 Å². The van der Waals surface area contributed by atoms with Gasteiger partial charge in [0.05, 0.1) is 5.92 Å². The van der Waals surface area contributed by atoms with Crippen LogP contribution >= 0.6 is 0 Å².